The maximum Gasteiger partial charge on any atom is 1.00 e. The molecule has 0 aromatic carbocycles. The van der Waals surface area contributed by atoms with E-state index in [9.17, 15) is 14.7 Å². The Kier molecular flexibility index (Phi) is 22.1. The van der Waals surface area contributed by atoms with Crippen LogP contribution < -0.4 is 40.4 Å². The second-order valence-electron chi connectivity index (χ2n) is 5.35. The van der Waals surface area contributed by atoms with E-state index >= 15 is 0 Å². The fourth-order valence-corrected chi connectivity index (χ4v) is 1.51. The van der Waals surface area contributed by atoms with Crippen LogP contribution in [0.2, 0.25) is 0 Å². The molecule has 1 atom stereocenters. The molecule has 6 heteroatoms. The van der Waals surface area contributed by atoms with Gasteiger partial charge in [0, 0.05) is 5.97 Å². The van der Waals surface area contributed by atoms with Crippen molar-refractivity contribution >= 4 is 11.9 Å². The van der Waals surface area contributed by atoms with Crippen molar-refractivity contribution in [3.8, 4) is 0 Å². The number of carbonyl (C=O) groups excluding carboxylic acids is 1. The number of carbonyl (C=O) groups is 2. The van der Waals surface area contributed by atoms with Crippen LogP contribution >= 0.6 is 0 Å². The van der Waals surface area contributed by atoms with E-state index in [1.54, 1.807) is 13.8 Å². The van der Waals surface area contributed by atoms with Gasteiger partial charge in [-0.3, -0.25) is 4.79 Å². The molecule has 0 rings (SSSR count). The summed E-state index contributed by atoms with van der Waals surface area (Å²) in [5.41, 5.74) is 5.16. The van der Waals surface area contributed by atoms with Crippen molar-refractivity contribution in [1.82, 2.24) is 0 Å². The second-order valence-corrected chi connectivity index (χ2v) is 5.35. The monoisotopic (exact) mass is 311 g/mol. The van der Waals surface area contributed by atoms with E-state index in [-0.39, 0.29) is 41.9 Å². The van der Waals surface area contributed by atoms with E-state index in [4.69, 9.17) is 10.8 Å². The minimum Gasteiger partial charge on any atom is -0.550 e. The van der Waals surface area contributed by atoms with E-state index in [1.165, 1.54) is 32.1 Å². The molecule has 0 radical (unpaired) electrons. The van der Waals surface area contributed by atoms with Gasteiger partial charge in [0.25, 0.3) is 0 Å². The largest absolute Gasteiger partial charge is 1.00 e. The van der Waals surface area contributed by atoms with E-state index in [0.717, 1.165) is 12.8 Å². The number of unbranched alkanes of at least 4 members (excludes halogenated alkanes) is 6. The molecule has 21 heavy (non-hydrogen) atoms. The zero-order valence-electron chi connectivity index (χ0n) is 14.1. The quantitative estimate of drug-likeness (QED) is 0.395. The summed E-state index contributed by atoms with van der Waals surface area (Å²) in [5, 5.41) is 18.3. The third-order valence-corrected chi connectivity index (χ3v) is 2.99. The second kappa shape index (κ2) is 18.0. The van der Waals surface area contributed by atoms with Gasteiger partial charge in [0.1, 0.15) is 6.04 Å². The smallest absolute Gasteiger partial charge is 0.550 e. The molecule has 0 aliphatic heterocycles. The first kappa shape index (κ1) is 25.8. The Morgan fingerprint density at radius 1 is 1.05 bits per heavy atom. The molecule has 0 fully saturated rings. The van der Waals surface area contributed by atoms with Gasteiger partial charge in [-0.25, -0.2) is 0 Å². The molecular weight excluding hydrogens is 281 g/mol. The number of hydrogen-bond acceptors (Lipinski definition) is 4. The SMILES string of the molecule is CC(C)C(N)C(=O)O.CCCCCCCCCC(=O)[O-].[Na+]. The van der Waals surface area contributed by atoms with E-state index in [0.29, 0.717) is 0 Å². The maximum atomic E-state index is 10.0. The molecule has 0 heterocycles. The standard InChI is InChI=1S/C10H20O2.C5H11NO2.Na/c1-2-3-4-5-6-7-8-9-10(11)12;1-3(2)4(6)5(7)8;/h2-9H2,1H3,(H,11,12);3-4H,6H2,1-2H3,(H,7,8);/q;;+1/p-1. The summed E-state index contributed by atoms with van der Waals surface area (Å²) in [6.07, 6.45) is 8.34. The molecule has 120 valence electrons. The number of hydrogen-bond donors (Lipinski definition) is 2. The van der Waals surface area contributed by atoms with Gasteiger partial charge < -0.3 is 20.7 Å². The van der Waals surface area contributed by atoms with Gasteiger partial charge in [-0.2, -0.15) is 0 Å². The number of carboxylic acids is 2. The third-order valence-electron chi connectivity index (χ3n) is 2.99. The van der Waals surface area contributed by atoms with Crippen LogP contribution in [0.4, 0.5) is 0 Å². The van der Waals surface area contributed by atoms with Crippen LogP contribution in [0, 0.1) is 5.92 Å². The Morgan fingerprint density at radius 3 is 1.76 bits per heavy atom. The van der Waals surface area contributed by atoms with Crippen LogP contribution in [0.3, 0.4) is 0 Å². The zero-order valence-corrected chi connectivity index (χ0v) is 16.1. The Bertz CT molecular complexity index is 260. The summed E-state index contributed by atoms with van der Waals surface area (Å²) < 4.78 is 0. The van der Waals surface area contributed by atoms with Crippen molar-refractivity contribution in [2.24, 2.45) is 11.7 Å². The minimum atomic E-state index is -0.931. The Hall–Kier alpha value is -0.100. The molecule has 0 bridgehead atoms. The first-order valence-electron chi connectivity index (χ1n) is 7.51. The fourth-order valence-electron chi connectivity index (χ4n) is 1.51. The molecule has 0 aromatic rings. The average Bonchev–Trinajstić information content (AvgIpc) is 2.37. The van der Waals surface area contributed by atoms with Crippen molar-refractivity contribution in [2.75, 3.05) is 0 Å². The van der Waals surface area contributed by atoms with Crippen molar-refractivity contribution in [3.63, 3.8) is 0 Å². The summed E-state index contributed by atoms with van der Waals surface area (Å²) in [5.74, 6) is -1.82. The maximum absolute atomic E-state index is 10.0. The van der Waals surface area contributed by atoms with Crippen LogP contribution in [-0.4, -0.2) is 23.1 Å². The van der Waals surface area contributed by atoms with Crippen LogP contribution in [0.5, 0.6) is 0 Å². The van der Waals surface area contributed by atoms with Gasteiger partial charge in [0.15, 0.2) is 0 Å². The predicted molar refractivity (Wildman–Crippen MR) is 78.1 cm³/mol. The number of aliphatic carboxylic acids is 2. The molecule has 3 N–H and O–H groups in total. The van der Waals surface area contributed by atoms with Crippen molar-refractivity contribution < 1.29 is 49.4 Å². The molecule has 0 saturated heterocycles. The zero-order chi connectivity index (χ0) is 16.0. The molecular formula is C15H30NNaO4. The molecule has 0 spiro atoms. The van der Waals surface area contributed by atoms with Crippen molar-refractivity contribution in [3.05, 3.63) is 0 Å². The normalized spacial score (nSPS) is 11.1. The van der Waals surface area contributed by atoms with Gasteiger partial charge in [-0.15, -0.1) is 0 Å². The summed E-state index contributed by atoms with van der Waals surface area (Å²) >= 11 is 0. The Morgan fingerprint density at radius 2 is 1.48 bits per heavy atom. The summed E-state index contributed by atoms with van der Waals surface area (Å²) in [6, 6.07) is -0.713. The average molecular weight is 311 g/mol. The molecule has 0 saturated carbocycles. The summed E-state index contributed by atoms with van der Waals surface area (Å²) in [4.78, 5) is 20.0. The molecule has 0 aliphatic carbocycles. The van der Waals surface area contributed by atoms with Crippen molar-refractivity contribution in [2.45, 2.75) is 78.2 Å². The molecule has 0 aliphatic rings. The van der Waals surface area contributed by atoms with E-state index in [1.807, 2.05) is 0 Å². The molecule has 0 amide bonds. The summed E-state index contributed by atoms with van der Waals surface area (Å²) in [6.45, 7) is 5.74. The van der Waals surface area contributed by atoms with Crippen molar-refractivity contribution in [1.29, 1.82) is 0 Å². The van der Waals surface area contributed by atoms with Gasteiger partial charge in [-0.1, -0.05) is 59.3 Å². The topological polar surface area (TPSA) is 103 Å². The van der Waals surface area contributed by atoms with Crippen LogP contribution in [0.1, 0.15) is 72.1 Å². The van der Waals surface area contributed by atoms with Crippen LogP contribution in [-0.2, 0) is 9.59 Å². The van der Waals surface area contributed by atoms with Gasteiger partial charge in [0.2, 0.25) is 0 Å². The third kappa shape index (κ3) is 22.3. The molecule has 0 aromatic heterocycles. The molecule has 5 nitrogen and oxygen atoms in total. The van der Waals surface area contributed by atoms with Gasteiger partial charge in [0.05, 0.1) is 0 Å². The minimum absolute atomic E-state index is 0. The Balaban J connectivity index is -0.000000317. The Labute approximate surface area is 151 Å². The van der Waals surface area contributed by atoms with Crippen LogP contribution in [0.25, 0.3) is 0 Å². The molecule has 1 unspecified atom stereocenters. The van der Waals surface area contributed by atoms with E-state index < -0.39 is 18.0 Å². The van der Waals surface area contributed by atoms with E-state index in [2.05, 4.69) is 6.92 Å². The van der Waals surface area contributed by atoms with Gasteiger partial charge in [-0.05, 0) is 18.8 Å². The summed E-state index contributed by atoms with van der Waals surface area (Å²) in [7, 11) is 0. The number of nitrogens with two attached hydrogens (primary N) is 1. The first-order valence-corrected chi connectivity index (χ1v) is 7.51. The fraction of sp³-hybridized carbons (Fsp3) is 0.867. The number of rotatable bonds is 10. The predicted octanol–water partition coefficient (Wildman–Crippen LogP) is -1.06. The van der Waals surface area contributed by atoms with Gasteiger partial charge >= 0.3 is 35.5 Å². The van der Waals surface area contributed by atoms with Crippen LogP contribution in [0.15, 0.2) is 0 Å². The first-order chi connectivity index (χ1) is 9.32. The number of carboxylic acid groups (broad SMARTS) is 2.